The van der Waals surface area contributed by atoms with E-state index in [9.17, 15) is 0 Å². The number of pyridine rings is 1. The molecule has 0 N–H and O–H groups in total. The first kappa shape index (κ1) is 33.7. The van der Waals surface area contributed by atoms with Gasteiger partial charge in [0, 0.05) is 17.4 Å². The second-order valence-electron chi connectivity index (χ2n) is 14.1. The largest absolute Gasteiger partial charge is 2.00 e. The Morgan fingerprint density at radius 3 is 2.08 bits per heavy atom. The predicted molar refractivity (Wildman–Crippen MR) is 212 cm³/mol. The number of aromatic nitrogens is 2. The van der Waals surface area contributed by atoms with Crippen LogP contribution in [-0.4, -0.2) is 16.2 Å². The standard InChI is InChI=1S/C47H38N4.Pt/c1-32-14-12-15-33(2)46(32)34-26-27-48-45(28-34)51-41-21-9-8-20-39(41)40-25-24-36(30-44(40)51)47(3,4)35-16-13-19-38(29-35)50-31-49(37-17-6-5-7-18-37)42-22-10-11-23-43(42)50;/h5-28H,31H2,1-4H3;/q-2;+2. The number of anilines is 4. The molecule has 3 heterocycles. The molecule has 8 aromatic rings. The molecule has 0 saturated carbocycles. The summed E-state index contributed by atoms with van der Waals surface area (Å²) in [7, 11) is 0. The van der Waals surface area contributed by atoms with Crippen LogP contribution in [-0.2, 0) is 26.5 Å². The van der Waals surface area contributed by atoms with Crippen molar-refractivity contribution in [2.24, 2.45) is 0 Å². The summed E-state index contributed by atoms with van der Waals surface area (Å²) >= 11 is 0. The number of para-hydroxylation sites is 4. The normalized spacial score (nSPS) is 12.7. The van der Waals surface area contributed by atoms with E-state index in [1.807, 2.05) is 6.20 Å². The molecule has 6 aromatic carbocycles. The summed E-state index contributed by atoms with van der Waals surface area (Å²) in [5.41, 5.74) is 13.5. The van der Waals surface area contributed by atoms with Crippen LogP contribution in [0, 0.1) is 26.0 Å². The number of rotatable bonds is 6. The average molecular weight is 854 g/mol. The molecule has 5 heteroatoms. The van der Waals surface area contributed by atoms with Crippen LogP contribution in [0.15, 0.2) is 146 Å². The Morgan fingerprint density at radius 2 is 1.29 bits per heavy atom. The molecule has 0 unspecified atom stereocenters. The zero-order valence-corrected chi connectivity index (χ0v) is 31.9. The van der Waals surface area contributed by atoms with E-state index < -0.39 is 0 Å². The van der Waals surface area contributed by atoms with Gasteiger partial charge >= 0.3 is 21.1 Å². The van der Waals surface area contributed by atoms with Crippen molar-refractivity contribution in [3.05, 3.63) is 180 Å². The van der Waals surface area contributed by atoms with Crippen LogP contribution >= 0.6 is 0 Å². The van der Waals surface area contributed by atoms with Crippen LogP contribution in [0.2, 0.25) is 0 Å². The minimum absolute atomic E-state index is 0. The number of fused-ring (bicyclic) bond motifs is 4. The first-order chi connectivity index (χ1) is 24.9. The van der Waals surface area contributed by atoms with Crippen LogP contribution < -0.4 is 9.80 Å². The van der Waals surface area contributed by atoms with E-state index in [0.29, 0.717) is 0 Å². The van der Waals surface area contributed by atoms with Crippen molar-refractivity contribution < 1.29 is 21.1 Å². The van der Waals surface area contributed by atoms with E-state index in [1.54, 1.807) is 0 Å². The molecule has 2 aromatic heterocycles. The van der Waals surface area contributed by atoms with Crippen molar-refractivity contribution in [3.63, 3.8) is 0 Å². The number of hydrogen-bond donors (Lipinski definition) is 0. The molecule has 0 fully saturated rings. The summed E-state index contributed by atoms with van der Waals surface area (Å²) in [5.74, 6) is 0.886. The molecule has 0 atom stereocenters. The third-order valence-electron chi connectivity index (χ3n) is 10.6. The van der Waals surface area contributed by atoms with Crippen molar-refractivity contribution in [3.8, 4) is 16.9 Å². The van der Waals surface area contributed by atoms with Crippen LogP contribution in [0.5, 0.6) is 0 Å². The summed E-state index contributed by atoms with van der Waals surface area (Å²) in [5, 5.41) is 2.36. The van der Waals surface area contributed by atoms with Gasteiger partial charge in [0.1, 0.15) is 5.82 Å². The van der Waals surface area contributed by atoms with Crippen molar-refractivity contribution in [1.82, 2.24) is 9.55 Å². The summed E-state index contributed by atoms with van der Waals surface area (Å²) in [6.45, 7) is 9.64. The zero-order valence-electron chi connectivity index (χ0n) is 29.7. The van der Waals surface area contributed by atoms with E-state index in [-0.39, 0.29) is 26.5 Å². The Bertz CT molecular complexity index is 2570. The Hall–Kier alpha value is -5.44. The monoisotopic (exact) mass is 853 g/mol. The quantitative estimate of drug-likeness (QED) is 0.156. The third kappa shape index (κ3) is 5.54. The van der Waals surface area contributed by atoms with Gasteiger partial charge in [-0.2, -0.15) is 47.5 Å². The summed E-state index contributed by atoms with van der Waals surface area (Å²) in [6.07, 6.45) is 1.93. The molecule has 0 saturated heterocycles. The van der Waals surface area contributed by atoms with Crippen LogP contribution in [0.4, 0.5) is 22.7 Å². The van der Waals surface area contributed by atoms with Crippen molar-refractivity contribution in [2.75, 3.05) is 16.5 Å². The van der Waals surface area contributed by atoms with Gasteiger partial charge in [0.25, 0.3) is 0 Å². The zero-order chi connectivity index (χ0) is 34.7. The number of benzene rings is 6. The fourth-order valence-corrected chi connectivity index (χ4v) is 7.83. The number of aryl methyl sites for hydroxylation is 2. The molecule has 0 amide bonds. The van der Waals surface area contributed by atoms with Gasteiger partial charge in [-0.3, -0.25) is 0 Å². The number of nitrogens with zero attached hydrogens (tertiary/aromatic N) is 4. The summed E-state index contributed by atoms with van der Waals surface area (Å²) in [4.78, 5) is 9.68. The molecule has 1 aliphatic rings. The summed E-state index contributed by atoms with van der Waals surface area (Å²) in [6, 6.07) is 57.5. The molecular weight excluding hydrogens is 816 g/mol. The Kier molecular flexibility index (Phi) is 8.60. The van der Waals surface area contributed by atoms with Crippen LogP contribution in [0.25, 0.3) is 38.8 Å². The fourth-order valence-electron chi connectivity index (χ4n) is 7.83. The van der Waals surface area contributed by atoms with Gasteiger partial charge in [0.15, 0.2) is 0 Å². The van der Waals surface area contributed by atoms with Crippen LogP contribution in [0.3, 0.4) is 0 Å². The molecule has 0 radical (unpaired) electrons. The predicted octanol–water partition coefficient (Wildman–Crippen LogP) is 11.6. The molecule has 52 heavy (non-hydrogen) atoms. The minimum atomic E-state index is -0.378. The SMILES string of the molecule is Cc1cccc(C)c1-c1ccnc(-n2c3[c-]c(C(C)(C)c4[c-]c(N5CN(c6ccccc6)c6ccccc65)ccc4)ccc3c3ccccc32)c1.[Pt+2]. The molecule has 0 bridgehead atoms. The van der Waals surface area contributed by atoms with Crippen LogP contribution in [0.1, 0.15) is 36.1 Å². The van der Waals surface area contributed by atoms with E-state index in [2.05, 4.69) is 194 Å². The van der Waals surface area contributed by atoms with Gasteiger partial charge in [-0.1, -0.05) is 91.8 Å². The molecule has 1 aliphatic heterocycles. The maximum Gasteiger partial charge on any atom is 2.00 e. The van der Waals surface area contributed by atoms with Gasteiger partial charge in [-0.15, -0.1) is 11.5 Å². The van der Waals surface area contributed by atoms with E-state index >= 15 is 0 Å². The van der Waals surface area contributed by atoms with Gasteiger partial charge in [0.2, 0.25) is 0 Å². The number of hydrogen-bond acceptors (Lipinski definition) is 3. The van der Waals surface area contributed by atoms with E-state index in [1.165, 1.54) is 44.7 Å². The maximum absolute atomic E-state index is 4.95. The van der Waals surface area contributed by atoms with Crippen molar-refractivity contribution >= 4 is 44.6 Å². The average Bonchev–Trinajstić information content (AvgIpc) is 3.72. The smallest absolute Gasteiger partial charge is 0.345 e. The summed E-state index contributed by atoms with van der Waals surface area (Å²) < 4.78 is 2.28. The fraction of sp³-hybridized carbons (Fsp3) is 0.128. The molecule has 4 nitrogen and oxygen atoms in total. The first-order valence-electron chi connectivity index (χ1n) is 17.6. The molecule has 0 spiro atoms. The van der Waals surface area contributed by atoms with E-state index in [4.69, 9.17) is 4.98 Å². The Labute approximate surface area is 320 Å². The minimum Gasteiger partial charge on any atom is -0.345 e. The van der Waals surface area contributed by atoms with Gasteiger partial charge in [-0.25, -0.2) is 4.98 Å². The Balaban J connectivity index is 0.00000387. The van der Waals surface area contributed by atoms with E-state index in [0.717, 1.165) is 45.7 Å². The van der Waals surface area contributed by atoms with Gasteiger partial charge in [-0.05, 0) is 89.4 Å². The second kappa shape index (κ2) is 13.3. The second-order valence-corrected chi connectivity index (χ2v) is 14.1. The molecule has 256 valence electrons. The molecule has 9 rings (SSSR count). The van der Waals surface area contributed by atoms with Gasteiger partial charge in [0.05, 0.1) is 18.0 Å². The first-order valence-corrected chi connectivity index (χ1v) is 17.6. The van der Waals surface area contributed by atoms with Gasteiger partial charge < -0.3 is 14.4 Å². The van der Waals surface area contributed by atoms with Crippen molar-refractivity contribution in [1.29, 1.82) is 0 Å². The topological polar surface area (TPSA) is 24.3 Å². The third-order valence-corrected chi connectivity index (χ3v) is 10.6. The maximum atomic E-state index is 4.95. The Morgan fingerprint density at radius 1 is 0.615 bits per heavy atom. The van der Waals surface area contributed by atoms with Crippen molar-refractivity contribution in [2.45, 2.75) is 33.1 Å². The molecule has 0 aliphatic carbocycles. The molecular formula is C47H38N4Pt.